The molecule has 2 atom stereocenters. The minimum Gasteiger partial charge on any atom is -0.384 e. The minimum absolute atomic E-state index is 0.587. The molecule has 0 bridgehead atoms. The Morgan fingerprint density at radius 3 is 2.84 bits per heavy atom. The number of aryl methyl sites for hydroxylation is 1. The number of anilines is 2. The molecule has 0 aromatic carbocycles. The zero-order valence-corrected chi connectivity index (χ0v) is 12.4. The molecule has 2 rings (SSSR count). The van der Waals surface area contributed by atoms with Gasteiger partial charge >= 0.3 is 0 Å². The second kappa shape index (κ2) is 6.22. The summed E-state index contributed by atoms with van der Waals surface area (Å²) in [5.74, 6) is 3.25. The van der Waals surface area contributed by atoms with Crippen molar-refractivity contribution in [3.05, 3.63) is 11.9 Å². The van der Waals surface area contributed by atoms with Gasteiger partial charge in [-0.25, -0.2) is 9.97 Å². The average Bonchev–Trinajstić information content (AvgIpc) is 2.37. The average molecular weight is 262 g/mol. The Morgan fingerprint density at radius 2 is 2.16 bits per heavy atom. The molecular weight excluding hydrogens is 236 g/mol. The maximum absolute atomic E-state index is 5.91. The predicted molar refractivity (Wildman–Crippen MR) is 80.3 cm³/mol. The largest absolute Gasteiger partial charge is 0.384 e. The maximum Gasteiger partial charge on any atom is 0.134 e. The first-order valence-corrected chi connectivity index (χ1v) is 7.46. The van der Waals surface area contributed by atoms with Crippen LogP contribution in [0.3, 0.4) is 0 Å². The smallest absolute Gasteiger partial charge is 0.134 e. The summed E-state index contributed by atoms with van der Waals surface area (Å²) in [7, 11) is 2.14. The first-order chi connectivity index (χ1) is 9.10. The number of hydrogen-bond donors (Lipinski definition) is 1. The highest BCUT2D eigenvalue weighted by molar-refractivity contribution is 5.47. The van der Waals surface area contributed by atoms with Gasteiger partial charge in [-0.1, -0.05) is 26.7 Å². The molecule has 0 saturated heterocycles. The number of aromatic nitrogens is 2. The molecule has 106 valence electrons. The van der Waals surface area contributed by atoms with Crippen LogP contribution >= 0.6 is 0 Å². The van der Waals surface area contributed by atoms with Crippen LogP contribution < -0.4 is 10.6 Å². The molecule has 0 spiro atoms. The molecule has 1 aromatic rings. The number of nitrogens with zero attached hydrogens (tertiary/aromatic N) is 3. The van der Waals surface area contributed by atoms with Gasteiger partial charge in [0.05, 0.1) is 0 Å². The van der Waals surface area contributed by atoms with E-state index in [4.69, 9.17) is 5.73 Å². The Balaban J connectivity index is 2.15. The van der Waals surface area contributed by atoms with E-state index in [1.165, 1.54) is 25.7 Å². The number of hydrogen-bond acceptors (Lipinski definition) is 4. The molecule has 1 fully saturated rings. The van der Waals surface area contributed by atoms with E-state index in [9.17, 15) is 0 Å². The second-order valence-corrected chi connectivity index (χ2v) is 5.85. The first kappa shape index (κ1) is 14.1. The fraction of sp³-hybridized carbons (Fsp3) is 0.733. The van der Waals surface area contributed by atoms with Crippen molar-refractivity contribution >= 4 is 11.6 Å². The number of nitrogen functional groups attached to an aromatic ring is 1. The van der Waals surface area contributed by atoms with E-state index in [0.29, 0.717) is 11.9 Å². The van der Waals surface area contributed by atoms with E-state index in [-0.39, 0.29) is 0 Å². The van der Waals surface area contributed by atoms with E-state index < -0.39 is 0 Å². The highest BCUT2D eigenvalue weighted by Crippen LogP contribution is 2.29. The van der Waals surface area contributed by atoms with Crippen LogP contribution in [0.5, 0.6) is 0 Å². The van der Waals surface area contributed by atoms with Gasteiger partial charge in [-0.05, 0) is 25.2 Å². The highest BCUT2D eigenvalue weighted by atomic mass is 15.2. The lowest BCUT2D eigenvalue weighted by Crippen LogP contribution is -2.36. The van der Waals surface area contributed by atoms with E-state index >= 15 is 0 Å². The molecular formula is C15H26N4. The molecule has 19 heavy (non-hydrogen) atoms. The fourth-order valence-corrected chi connectivity index (χ4v) is 2.96. The van der Waals surface area contributed by atoms with Crippen LogP contribution in [-0.4, -0.2) is 23.1 Å². The van der Waals surface area contributed by atoms with Gasteiger partial charge in [0.2, 0.25) is 0 Å². The summed E-state index contributed by atoms with van der Waals surface area (Å²) in [6.45, 7) is 4.48. The molecule has 2 N–H and O–H groups in total. The third-order valence-electron chi connectivity index (χ3n) is 4.07. The van der Waals surface area contributed by atoms with Crippen molar-refractivity contribution in [2.45, 2.75) is 58.4 Å². The summed E-state index contributed by atoms with van der Waals surface area (Å²) in [6.07, 6.45) is 7.13. The molecule has 1 heterocycles. The SMILES string of the molecule is CCCc1nc(N)cc(N(C)C2CCCC(C)C2)n1. The molecule has 4 nitrogen and oxygen atoms in total. The zero-order chi connectivity index (χ0) is 13.8. The Morgan fingerprint density at radius 1 is 1.37 bits per heavy atom. The number of nitrogens with two attached hydrogens (primary N) is 1. The normalized spacial score (nSPS) is 23.3. The van der Waals surface area contributed by atoms with Gasteiger partial charge in [0.25, 0.3) is 0 Å². The number of rotatable bonds is 4. The summed E-state index contributed by atoms with van der Waals surface area (Å²) in [6, 6.07) is 2.49. The monoisotopic (exact) mass is 262 g/mol. The molecule has 0 amide bonds. The third-order valence-corrected chi connectivity index (χ3v) is 4.07. The van der Waals surface area contributed by atoms with Crippen molar-refractivity contribution in [2.75, 3.05) is 17.7 Å². The van der Waals surface area contributed by atoms with Gasteiger partial charge < -0.3 is 10.6 Å². The van der Waals surface area contributed by atoms with Gasteiger partial charge in [-0.15, -0.1) is 0 Å². The molecule has 0 radical (unpaired) electrons. The summed E-state index contributed by atoms with van der Waals surface area (Å²) >= 11 is 0. The lowest BCUT2D eigenvalue weighted by atomic mass is 9.86. The Labute approximate surface area is 116 Å². The third kappa shape index (κ3) is 3.58. The van der Waals surface area contributed by atoms with Crippen molar-refractivity contribution in [1.82, 2.24) is 9.97 Å². The van der Waals surface area contributed by atoms with Crippen LogP contribution in [0.1, 0.15) is 51.8 Å². The van der Waals surface area contributed by atoms with Gasteiger partial charge in [-0.2, -0.15) is 0 Å². The van der Waals surface area contributed by atoms with E-state index in [1.807, 2.05) is 6.07 Å². The molecule has 0 aliphatic heterocycles. The molecule has 1 aromatic heterocycles. The quantitative estimate of drug-likeness (QED) is 0.906. The minimum atomic E-state index is 0.587. The second-order valence-electron chi connectivity index (χ2n) is 5.85. The van der Waals surface area contributed by atoms with Crippen LogP contribution in [-0.2, 0) is 6.42 Å². The van der Waals surface area contributed by atoms with Gasteiger partial charge in [0.15, 0.2) is 0 Å². The maximum atomic E-state index is 5.91. The summed E-state index contributed by atoms with van der Waals surface area (Å²) in [5, 5.41) is 0. The van der Waals surface area contributed by atoms with Gasteiger partial charge in [-0.3, -0.25) is 0 Å². The standard InChI is InChI=1S/C15H26N4/c1-4-6-14-17-13(16)10-15(18-14)19(3)12-8-5-7-11(2)9-12/h10-12H,4-9H2,1-3H3,(H2,16,17,18). The Kier molecular flexibility index (Phi) is 4.61. The van der Waals surface area contributed by atoms with Crippen LogP contribution in [0.25, 0.3) is 0 Å². The van der Waals surface area contributed by atoms with Gasteiger partial charge in [0.1, 0.15) is 17.5 Å². The molecule has 4 heteroatoms. The van der Waals surface area contributed by atoms with Crippen LogP contribution in [0.15, 0.2) is 6.07 Å². The summed E-state index contributed by atoms with van der Waals surface area (Å²) < 4.78 is 0. The lowest BCUT2D eigenvalue weighted by molar-refractivity contribution is 0.335. The molecule has 1 aliphatic carbocycles. The highest BCUT2D eigenvalue weighted by Gasteiger charge is 2.23. The van der Waals surface area contributed by atoms with Crippen molar-refractivity contribution in [3.63, 3.8) is 0 Å². The molecule has 1 saturated carbocycles. The van der Waals surface area contributed by atoms with E-state index in [0.717, 1.165) is 30.4 Å². The van der Waals surface area contributed by atoms with Crippen molar-refractivity contribution < 1.29 is 0 Å². The fourth-order valence-electron chi connectivity index (χ4n) is 2.96. The van der Waals surface area contributed by atoms with Crippen molar-refractivity contribution in [1.29, 1.82) is 0 Å². The summed E-state index contributed by atoms with van der Waals surface area (Å²) in [5.41, 5.74) is 5.91. The van der Waals surface area contributed by atoms with Crippen LogP contribution in [0, 0.1) is 5.92 Å². The first-order valence-electron chi connectivity index (χ1n) is 7.46. The Bertz CT molecular complexity index is 419. The predicted octanol–water partition coefficient (Wildman–Crippen LogP) is 3.03. The molecule has 2 unspecified atom stereocenters. The van der Waals surface area contributed by atoms with Gasteiger partial charge in [0, 0.05) is 25.6 Å². The molecule has 1 aliphatic rings. The lowest BCUT2D eigenvalue weighted by Gasteiger charge is -2.35. The van der Waals surface area contributed by atoms with Crippen molar-refractivity contribution in [2.24, 2.45) is 5.92 Å². The topological polar surface area (TPSA) is 55.0 Å². The van der Waals surface area contributed by atoms with Crippen LogP contribution in [0.4, 0.5) is 11.6 Å². The van der Waals surface area contributed by atoms with Crippen molar-refractivity contribution in [3.8, 4) is 0 Å². The summed E-state index contributed by atoms with van der Waals surface area (Å²) in [4.78, 5) is 11.3. The zero-order valence-electron chi connectivity index (χ0n) is 12.4. The van der Waals surface area contributed by atoms with E-state index in [2.05, 4.69) is 35.8 Å². The van der Waals surface area contributed by atoms with Crippen LogP contribution in [0.2, 0.25) is 0 Å². The van der Waals surface area contributed by atoms with E-state index in [1.54, 1.807) is 0 Å². The Hall–Kier alpha value is -1.32.